The number of piperazine rings is 1. The summed E-state index contributed by atoms with van der Waals surface area (Å²) >= 11 is 1.56. The standard InChI is InChI=1S/C20H21N3O2S/c21-16-4-3-14(18-2-1-11-25-18)12-15(16)13-17(24)19-5-6-20(26-19)23-9-7-22-8-10-23/h1-6,11-12,22H,7-10,13,21H2. The SMILES string of the molecule is Nc1ccc(-c2ccco2)cc1CC(=O)c1ccc(N2CCNCC2)s1. The van der Waals surface area contributed by atoms with Crippen molar-refractivity contribution in [1.82, 2.24) is 5.32 Å². The molecule has 6 heteroatoms. The number of nitrogens with zero attached hydrogens (tertiary/aromatic N) is 1. The van der Waals surface area contributed by atoms with Gasteiger partial charge in [0.1, 0.15) is 5.76 Å². The minimum atomic E-state index is 0.0969. The Hall–Kier alpha value is -2.57. The van der Waals surface area contributed by atoms with E-state index in [0.717, 1.165) is 52.9 Å². The van der Waals surface area contributed by atoms with E-state index >= 15 is 0 Å². The summed E-state index contributed by atoms with van der Waals surface area (Å²) in [5, 5.41) is 4.50. The van der Waals surface area contributed by atoms with Crippen LogP contribution in [0.4, 0.5) is 10.7 Å². The van der Waals surface area contributed by atoms with Crippen molar-refractivity contribution < 1.29 is 9.21 Å². The molecule has 0 aliphatic carbocycles. The average Bonchev–Trinajstić information content (AvgIpc) is 3.36. The first-order chi connectivity index (χ1) is 12.7. The summed E-state index contributed by atoms with van der Waals surface area (Å²) < 4.78 is 5.44. The van der Waals surface area contributed by atoms with Crippen LogP contribution in [0.2, 0.25) is 0 Å². The summed E-state index contributed by atoms with van der Waals surface area (Å²) in [6.45, 7) is 3.92. The topological polar surface area (TPSA) is 71.5 Å². The summed E-state index contributed by atoms with van der Waals surface area (Å²) in [6.07, 6.45) is 1.93. The van der Waals surface area contributed by atoms with Gasteiger partial charge in [0, 0.05) is 43.9 Å². The number of thiophene rings is 1. The Morgan fingerprint density at radius 3 is 2.81 bits per heavy atom. The molecule has 134 valence electrons. The maximum atomic E-state index is 12.8. The maximum Gasteiger partial charge on any atom is 0.177 e. The lowest BCUT2D eigenvalue weighted by Crippen LogP contribution is -2.43. The molecule has 0 unspecified atom stereocenters. The fraction of sp³-hybridized carbons (Fsp3) is 0.250. The fourth-order valence-corrected chi connectivity index (χ4v) is 4.14. The van der Waals surface area contributed by atoms with Gasteiger partial charge in [0.2, 0.25) is 0 Å². The Bertz CT molecular complexity index is 896. The average molecular weight is 367 g/mol. The van der Waals surface area contributed by atoms with Crippen LogP contribution in [0.3, 0.4) is 0 Å². The minimum Gasteiger partial charge on any atom is -0.464 e. The molecule has 3 heterocycles. The third-order valence-corrected chi connectivity index (χ3v) is 5.78. The van der Waals surface area contributed by atoms with Gasteiger partial charge in [0.25, 0.3) is 0 Å². The van der Waals surface area contributed by atoms with E-state index in [4.69, 9.17) is 10.2 Å². The lowest BCUT2D eigenvalue weighted by atomic mass is 10.0. The number of furan rings is 1. The van der Waals surface area contributed by atoms with E-state index in [2.05, 4.69) is 10.2 Å². The van der Waals surface area contributed by atoms with E-state index in [9.17, 15) is 4.79 Å². The van der Waals surface area contributed by atoms with Crippen molar-refractivity contribution in [2.24, 2.45) is 0 Å². The highest BCUT2D eigenvalue weighted by Crippen LogP contribution is 2.29. The van der Waals surface area contributed by atoms with Crippen molar-refractivity contribution in [2.75, 3.05) is 36.8 Å². The monoisotopic (exact) mass is 367 g/mol. The number of rotatable bonds is 5. The van der Waals surface area contributed by atoms with Crippen LogP contribution in [0.25, 0.3) is 11.3 Å². The van der Waals surface area contributed by atoms with Crippen LogP contribution in [-0.2, 0) is 6.42 Å². The minimum absolute atomic E-state index is 0.0969. The Balaban J connectivity index is 1.51. The number of carbonyl (C=O) groups excluding carboxylic acids is 1. The quantitative estimate of drug-likeness (QED) is 0.534. The van der Waals surface area contributed by atoms with E-state index in [1.54, 1.807) is 17.6 Å². The molecule has 0 radical (unpaired) electrons. The number of nitrogens with one attached hydrogen (secondary N) is 1. The van der Waals surface area contributed by atoms with Crippen LogP contribution in [0.5, 0.6) is 0 Å². The second-order valence-corrected chi connectivity index (χ2v) is 7.43. The summed E-state index contributed by atoms with van der Waals surface area (Å²) in [4.78, 5) is 15.9. The Morgan fingerprint density at radius 1 is 1.19 bits per heavy atom. The predicted octanol–water partition coefficient (Wildman–Crippen LogP) is 3.43. The molecule has 0 spiro atoms. The molecule has 5 nitrogen and oxygen atoms in total. The Kier molecular flexibility index (Phi) is 4.77. The van der Waals surface area contributed by atoms with Gasteiger partial charge in [0.05, 0.1) is 16.1 Å². The molecule has 0 saturated carbocycles. The van der Waals surface area contributed by atoms with Crippen molar-refractivity contribution in [1.29, 1.82) is 0 Å². The number of anilines is 2. The smallest absolute Gasteiger partial charge is 0.177 e. The highest BCUT2D eigenvalue weighted by Gasteiger charge is 2.17. The van der Waals surface area contributed by atoms with Gasteiger partial charge in [-0.1, -0.05) is 0 Å². The number of hydrogen-bond acceptors (Lipinski definition) is 6. The highest BCUT2D eigenvalue weighted by molar-refractivity contribution is 7.18. The predicted molar refractivity (Wildman–Crippen MR) is 106 cm³/mol. The van der Waals surface area contributed by atoms with E-state index in [0.29, 0.717) is 12.1 Å². The van der Waals surface area contributed by atoms with Crippen molar-refractivity contribution >= 4 is 27.8 Å². The van der Waals surface area contributed by atoms with Crippen LogP contribution in [-0.4, -0.2) is 32.0 Å². The molecule has 2 aromatic heterocycles. The lowest BCUT2D eigenvalue weighted by Gasteiger charge is -2.27. The number of nitrogen functional groups attached to an aromatic ring is 1. The zero-order valence-corrected chi connectivity index (χ0v) is 15.2. The number of benzene rings is 1. The molecule has 3 N–H and O–H groups in total. The molecule has 1 aromatic carbocycles. The van der Waals surface area contributed by atoms with Gasteiger partial charge in [-0.25, -0.2) is 0 Å². The van der Waals surface area contributed by atoms with E-state index < -0.39 is 0 Å². The Morgan fingerprint density at radius 2 is 2.04 bits per heavy atom. The summed E-state index contributed by atoms with van der Waals surface area (Å²) in [5.41, 5.74) is 8.49. The van der Waals surface area contributed by atoms with Gasteiger partial charge < -0.3 is 20.4 Å². The third-order valence-electron chi connectivity index (χ3n) is 4.59. The summed E-state index contributed by atoms with van der Waals surface area (Å²) in [7, 11) is 0. The van der Waals surface area contributed by atoms with Crippen LogP contribution in [0, 0.1) is 0 Å². The summed E-state index contributed by atoms with van der Waals surface area (Å²) in [6, 6.07) is 13.4. The largest absolute Gasteiger partial charge is 0.464 e. The lowest BCUT2D eigenvalue weighted by molar-refractivity contribution is 0.0997. The first-order valence-electron chi connectivity index (χ1n) is 8.72. The van der Waals surface area contributed by atoms with Crippen molar-refractivity contribution in [3.63, 3.8) is 0 Å². The van der Waals surface area contributed by atoms with Gasteiger partial charge in [0.15, 0.2) is 5.78 Å². The molecule has 1 saturated heterocycles. The molecular formula is C20H21N3O2S. The molecule has 0 amide bonds. The molecule has 0 bridgehead atoms. The molecule has 0 atom stereocenters. The zero-order chi connectivity index (χ0) is 17.9. The first-order valence-corrected chi connectivity index (χ1v) is 9.53. The van der Waals surface area contributed by atoms with E-state index in [1.165, 1.54) is 0 Å². The molecule has 1 aliphatic heterocycles. The number of hydrogen-bond donors (Lipinski definition) is 2. The van der Waals surface area contributed by atoms with Crippen molar-refractivity contribution in [2.45, 2.75) is 6.42 Å². The number of ketones is 1. The highest BCUT2D eigenvalue weighted by atomic mass is 32.1. The van der Waals surface area contributed by atoms with Crippen molar-refractivity contribution in [3.05, 3.63) is 59.2 Å². The molecule has 26 heavy (non-hydrogen) atoms. The zero-order valence-electron chi connectivity index (χ0n) is 14.4. The second kappa shape index (κ2) is 7.35. The van der Waals surface area contributed by atoms with Gasteiger partial charge in [-0.2, -0.15) is 0 Å². The van der Waals surface area contributed by atoms with E-state index in [1.807, 2.05) is 42.5 Å². The van der Waals surface area contributed by atoms with Gasteiger partial charge in [-0.05, 0) is 48.0 Å². The normalized spacial score (nSPS) is 14.5. The Labute approximate surface area is 156 Å². The number of Topliss-reactive ketones (excluding diaryl/α,β-unsaturated/α-hetero) is 1. The van der Waals surface area contributed by atoms with Crippen LogP contribution in [0.15, 0.2) is 53.1 Å². The maximum absolute atomic E-state index is 12.8. The molecule has 3 aromatic rings. The van der Waals surface area contributed by atoms with Gasteiger partial charge in [-0.3, -0.25) is 4.79 Å². The van der Waals surface area contributed by atoms with Crippen LogP contribution >= 0.6 is 11.3 Å². The van der Waals surface area contributed by atoms with Crippen molar-refractivity contribution in [3.8, 4) is 11.3 Å². The molecule has 1 aliphatic rings. The third kappa shape index (κ3) is 3.52. The van der Waals surface area contributed by atoms with Gasteiger partial charge >= 0.3 is 0 Å². The first kappa shape index (κ1) is 16.9. The number of nitrogens with two attached hydrogens (primary N) is 1. The van der Waals surface area contributed by atoms with Crippen LogP contribution < -0.4 is 16.0 Å². The molecule has 4 rings (SSSR count). The fourth-order valence-electron chi connectivity index (χ4n) is 3.15. The van der Waals surface area contributed by atoms with Gasteiger partial charge in [-0.15, -0.1) is 11.3 Å². The summed E-state index contributed by atoms with van der Waals surface area (Å²) in [5.74, 6) is 0.871. The second-order valence-electron chi connectivity index (χ2n) is 6.37. The van der Waals surface area contributed by atoms with Crippen LogP contribution in [0.1, 0.15) is 15.2 Å². The molecule has 1 fully saturated rings. The van der Waals surface area contributed by atoms with E-state index in [-0.39, 0.29) is 5.78 Å². The molecular weight excluding hydrogens is 346 g/mol. The number of carbonyl (C=O) groups is 1.